The number of carbonyl (C=O) groups excluding carboxylic acids is 1. The number of carbonyl (C=O) groups is 1. The molecule has 2 atom stereocenters. The van der Waals surface area contributed by atoms with E-state index in [1.165, 1.54) is 0 Å². The number of ether oxygens (including phenoxy) is 2. The molecule has 1 aliphatic heterocycles. The van der Waals surface area contributed by atoms with Gasteiger partial charge in [-0.25, -0.2) is 0 Å². The summed E-state index contributed by atoms with van der Waals surface area (Å²) in [5.74, 6) is -0.253. The molecular weight excluding hydrogens is 182 g/mol. The second-order valence-electron chi connectivity index (χ2n) is 3.48. The van der Waals surface area contributed by atoms with Gasteiger partial charge in [0.1, 0.15) is 0 Å². The van der Waals surface area contributed by atoms with Crippen molar-refractivity contribution in [3.8, 4) is 0 Å². The van der Waals surface area contributed by atoms with E-state index in [-0.39, 0.29) is 17.9 Å². The molecule has 0 bridgehead atoms. The summed E-state index contributed by atoms with van der Waals surface area (Å²) in [5, 5.41) is 3.23. The van der Waals surface area contributed by atoms with Crippen molar-refractivity contribution in [3.63, 3.8) is 0 Å². The van der Waals surface area contributed by atoms with Gasteiger partial charge in [0.2, 0.25) is 0 Å². The molecule has 0 aromatic carbocycles. The molecule has 0 radical (unpaired) electrons. The molecule has 1 rings (SSSR count). The average Bonchev–Trinajstić information content (AvgIpc) is 2.63. The molecule has 0 aromatic rings. The summed E-state index contributed by atoms with van der Waals surface area (Å²) in [6.45, 7) is 6.46. The maximum atomic E-state index is 11.5. The second-order valence-corrected chi connectivity index (χ2v) is 3.48. The van der Waals surface area contributed by atoms with Crippen LogP contribution in [0, 0.1) is 5.92 Å². The summed E-state index contributed by atoms with van der Waals surface area (Å²) < 4.78 is 10.4. The van der Waals surface area contributed by atoms with Gasteiger partial charge in [-0.2, -0.15) is 0 Å². The van der Waals surface area contributed by atoms with Gasteiger partial charge >= 0.3 is 5.97 Å². The van der Waals surface area contributed by atoms with Crippen molar-refractivity contribution in [1.29, 1.82) is 0 Å². The topological polar surface area (TPSA) is 47.6 Å². The normalized spacial score (nSPS) is 26.4. The number of hydrogen-bond donors (Lipinski definition) is 1. The highest BCUT2D eigenvalue weighted by Gasteiger charge is 2.34. The van der Waals surface area contributed by atoms with Gasteiger partial charge in [0.25, 0.3) is 0 Å². The molecule has 0 saturated carbocycles. The van der Waals surface area contributed by atoms with Crippen LogP contribution in [0.4, 0.5) is 0 Å². The average molecular weight is 201 g/mol. The largest absolute Gasteiger partial charge is 0.465 e. The first kappa shape index (κ1) is 11.5. The van der Waals surface area contributed by atoms with Crippen LogP contribution < -0.4 is 5.32 Å². The van der Waals surface area contributed by atoms with E-state index in [1.54, 1.807) is 0 Å². The number of rotatable bonds is 5. The fourth-order valence-electron chi connectivity index (χ4n) is 1.56. The fourth-order valence-corrected chi connectivity index (χ4v) is 1.56. The van der Waals surface area contributed by atoms with Crippen molar-refractivity contribution in [2.75, 3.05) is 26.4 Å². The Morgan fingerprint density at radius 3 is 2.93 bits per heavy atom. The van der Waals surface area contributed by atoms with Crippen LogP contribution in [-0.4, -0.2) is 38.4 Å². The Morgan fingerprint density at radius 1 is 1.50 bits per heavy atom. The van der Waals surface area contributed by atoms with Crippen LogP contribution in [0.1, 0.15) is 20.3 Å². The molecule has 82 valence electrons. The Balaban J connectivity index is 2.36. The zero-order chi connectivity index (χ0) is 10.4. The van der Waals surface area contributed by atoms with Gasteiger partial charge in [0, 0.05) is 6.04 Å². The minimum absolute atomic E-state index is 0.124. The molecule has 2 unspecified atom stereocenters. The smallest absolute Gasteiger partial charge is 0.312 e. The van der Waals surface area contributed by atoms with Crippen LogP contribution in [0.5, 0.6) is 0 Å². The molecule has 1 aliphatic rings. The summed E-state index contributed by atoms with van der Waals surface area (Å²) in [6.07, 6.45) is 0.866. The Bertz CT molecular complexity index is 184. The van der Waals surface area contributed by atoms with E-state index in [0.29, 0.717) is 19.8 Å². The van der Waals surface area contributed by atoms with Crippen molar-refractivity contribution in [1.82, 2.24) is 5.32 Å². The van der Waals surface area contributed by atoms with Crippen LogP contribution in [-0.2, 0) is 14.3 Å². The molecule has 0 aromatic heterocycles. The van der Waals surface area contributed by atoms with Crippen molar-refractivity contribution in [3.05, 3.63) is 0 Å². The molecule has 1 fully saturated rings. The number of hydrogen-bond acceptors (Lipinski definition) is 4. The lowest BCUT2D eigenvalue weighted by Crippen LogP contribution is -2.39. The van der Waals surface area contributed by atoms with Gasteiger partial charge in [-0.3, -0.25) is 4.79 Å². The second kappa shape index (κ2) is 5.98. The number of esters is 1. The van der Waals surface area contributed by atoms with Crippen LogP contribution in [0.25, 0.3) is 0 Å². The van der Waals surface area contributed by atoms with Gasteiger partial charge in [0.15, 0.2) is 0 Å². The molecule has 14 heavy (non-hydrogen) atoms. The van der Waals surface area contributed by atoms with Crippen LogP contribution >= 0.6 is 0 Å². The molecule has 4 nitrogen and oxygen atoms in total. The molecule has 0 aliphatic carbocycles. The lowest BCUT2D eigenvalue weighted by atomic mass is 10.0. The van der Waals surface area contributed by atoms with Gasteiger partial charge < -0.3 is 14.8 Å². The van der Waals surface area contributed by atoms with Crippen LogP contribution in [0.3, 0.4) is 0 Å². The molecule has 1 N–H and O–H groups in total. The van der Waals surface area contributed by atoms with E-state index in [0.717, 1.165) is 13.0 Å². The Kier molecular flexibility index (Phi) is 4.90. The van der Waals surface area contributed by atoms with E-state index >= 15 is 0 Å². The van der Waals surface area contributed by atoms with Crippen molar-refractivity contribution >= 4 is 5.97 Å². The highest BCUT2D eigenvalue weighted by Crippen LogP contribution is 2.15. The highest BCUT2D eigenvalue weighted by atomic mass is 16.5. The minimum Gasteiger partial charge on any atom is -0.465 e. The Hall–Kier alpha value is -0.610. The van der Waals surface area contributed by atoms with E-state index < -0.39 is 0 Å². The zero-order valence-electron chi connectivity index (χ0n) is 8.91. The van der Waals surface area contributed by atoms with Crippen molar-refractivity contribution in [2.45, 2.75) is 26.3 Å². The summed E-state index contributed by atoms with van der Waals surface area (Å²) in [5.41, 5.74) is 0. The maximum Gasteiger partial charge on any atom is 0.312 e. The van der Waals surface area contributed by atoms with Crippen LogP contribution in [0.2, 0.25) is 0 Å². The molecule has 4 heteroatoms. The summed E-state index contributed by atoms with van der Waals surface area (Å²) in [7, 11) is 0. The lowest BCUT2D eigenvalue weighted by molar-refractivity contribution is -0.149. The van der Waals surface area contributed by atoms with E-state index in [1.807, 2.05) is 13.8 Å². The molecule has 1 heterocycles. The van der Waals surface area contributed by atoms with Crippen molar-refractivity contribution in [2.24, 2.45) is 5.92 Å². The van der Waals surface area contributed by atoms with Gasteiger partial charge in [-0.05, 0) is 13.0 Å². The SMILES string of the molecule is CCCOC(=O)C1COCC1NCC. The van der Waals surface area contributed by atoms with Gasteiger partial charge in [-0.1, -0.05) is 13.8 Å². The van der Waals surface area contributed by atoms with E-state index in [2.05, 4.69) is 5.32 Å². The zero-order valence-corrected chi connectivity index (χ0v) is 8.91. The molecule has 0 spiro atoms. The van der Waals surface area contributed by atoms with Gasteiger partial charge in [-0.15, -0.1) is 0 Å². The standard InChI is InChI=1S/C10H19NO3/c1-3-5-14-10(12)8-6-13-7-9(8)11-4-2/h8-9,11H,3-7H2,1-2H3. The number of likely N-dealkylation sites (N-methyl/N-ethyl adjacent to an activating group) is 1. The highest BCUT2D eigenvalue weighted by molar-refractivity contribution is 5.73. The minimum atomic E-state index is -0.129. The summed E-state index contributed by atoms with van der Waals surface area (Å²) in [6, 6.07) is 0.129. The van der Waals surface area contributed by atoms with Crippen molar-refractivity contribution < 1.29 is 14.3 Å². The predicted octanol–water partition coefficient (Wildman–Crippen LogP) is 0.564. The number of nitrogens with one attached hydrogen (secondary N) is 1. The third kappa shape index (κ3) is 2.96. The first-order chi connectivity index (χ1) is 6.79. The van der Waals surface area contributed by atoms with E-state index in [4.69, 9.17) is 9.47 Å². The fraction of sp³-hybridized carbons (Fsp3) is 0.900. The quantitative estimate of drug-likeness (QED) is 0.660. The van der Waals surface area contributed by atoms with Gasteiger partial charge in [0.05, 0.1) is 25.7 Å². The third-order valence-electron chi connectivity index (χ3n) is 2.30. The first-order valence-electron chi connectivity index (χ1n) is 5.27. The molecule has 0 amide bonds. The summed E-state index contributed by atoms with van der Waals surface area (Å²) >= 11 is 0. The van der Waals surface area contributed by atoms with Crippen LogP contribution in [0.15, 0.2) is 0 Å². The van der Waals surface area contributed by atoms with E-state index in [9.17, 15) is 4.79 Å². The molecule has 1 saturated heterocycles. The third-order valence-corrected chi connectivity index (χ3v) is 2.30. The Morgan fingerprint density at radius 2 is 2.29 bits per heavy atom. The maximum absolute atomic E-state index is 11.5. The predicted molar refractivity (Wildman–Crippen MR) is 53.0 cm³/mol. The monoisotopic (exact) mass is 201 g/mol. The lowest BCUT2D eigenvalue weighted by Gasteiger charge is -2.16. The Labute approximate surface area is 85.0 Å². The molecular formula is C10H19NO3. The first-order valence-corrected chi connectivity index (χ1v) is 5.27. The summed E-state index contributed by atoms with van der Waals surface area (Å²) in [4.78, 5) is 11.5.